The molecule has 0 N–H and O–H groups in total. The monoisotopic (exact) mass is 248 g/mol. The van der Waals surface area contributed by atoms with Crippen molar-refractivity contribution < 1.29 is 19.1 Å². The van der Waals surface area contributed by atoms with E-state index in [-0.39, 0.29) is 0 Å². The van der Waals surface area contributed by atoms with E-state index in [1.54, 1.807) is 25.1 Å². The lowest BCUT2D eigenvalue weighted by molar-refractivity contribution is -0.157. The lowest BCUT2D eigenvalue weighted by Gasteiger charge is -2.11. The van der Waals surface area contributed by atoms with Crippen LogP contribution in [0, 0.1) is 6.92 Å². The number of hydrogen-bond donors (Lipinski definition) is 0. The maximum absolute atomic E-state index is 11.6. The Balaban J connectivity index is 2.54. The van der Waals surface area contributed by atoms with Gasteiger partial charge in [0.05, 0.1) is 0 Å². The third-order valence-electron chi connectivity index (χ3n) is 2.17. The fourth-order valence-corrected chi connectivity index (χ4v) is 1.20. The molecule has 0 radical (unpaired) electrons. The molecular formula is C14H16O4. The van der Waals surface area contributed by atoms with Gasteiger partial charge < -0.3 is 9.47 Å². The van der Waals surface area contributed by atoms with Crippen molar-refractivity contribution in [2.75, 3.05) is 0 Å². The zero-order valence-electron chi connectivity index (χ0n) is 10.7. The Morgan fingerprint density at radius 2 is 1.83 bits per heavy atom. The molecule has 1 atom stereocenters. The van der Waals surface area contributed by atoms with Gasteiger partial charge in [0.15, 0.2) is 6.10 Å². The van der Waals surface area contributed by atoms with Gasteiger partial charge in [-0.2, -0.15) is 0 Å². The van der Waals surface area contributed by atoms with Crippen LogP contribution in [0.25, 0.3) is 0 Å². The van der Waals surface area contributed by atoms with Crippen molar-refractivity contribution in [2.24, 2.45) is 0 Å². The molecule has 0 aromatic heterocycles. The van der Waals surface area contributed by atoms with Crippen LogP contribution in [-0.2, 0) is 14.3 Å². The van der Waals surface area contributed by atoms with E-state index in [9.17, 15) is 9.59 Å². The standard InChI is InChI=1S/C14H16O4/c1-4-5-13(15)17-11(3)14(16)18-12-8-6-10(2)7-9-12/h4-9,11H,1-3H3/b5-4+. The van der Waals surface area contributed by atoms with Crippen LogP contribution in [0.15, 0.2) is 36.4 Å². The Labute approximate surface area is 106 Å². The molecule has 4 nitrogen and oxygen atoms in total. The average molecular weight is 248 g/mol. The lowest BCUT2D eigenvalue weighted by Crippen LogP contribution is -2.27. The molecule has 0 spiro atoms. The minimum atomic E-state index is -0.935. The van der Waals surface area contributed by atoms with Gasteiger partial charge in [-0.25, -0.2) is 9.59 Å². The van der Waals surface area contributed by atoms with E-state index in [1.165, 1.54) is 13.0 Å². The number of ether oxygens (including phenoxy) is 2. The Hall–Kier alpha value is -2.10. The fraction of sp³-hybridized carbons (Fsp3) is 0.286. The number of carbonyl (C=O) groups is 2. The molecule has 1 aromatic rings. The van der Waals surface area contributed by atoms with Gasteiger partial charge in [-0.3, -0.25) is 0 Å². The SMILES string of the molecule is C/C=C/C(=O)OC(C)C(=O)Oc1ccc(C)cc1. The number of allylic oxidation sites excluding steroid dienone is 1. The van der Waals surface area contributed by atoms with Crippen LogP contribution in [-0.4, -0.2) is 18.0 Å². The fourth-order valence-electron chi connectivity index (χ4n) is 1.20. The smallest absolute Gasteiger partial charge is 0.352 e. The van der Waals surface area contributed by atoms with Crippen LogP contribution < -0.4 is 4.74 Å². The highest BCUT2D eigenvalue weighted by Gasteiger charge is 2.18. The predicted molar refractivity (Wildman–Crippen MR) is 67.2 cm³/mol. The first-order chi connectivity index (χ1) is 8.52. The normalized spacial score (nSPS) is 12.2. The highest BCUT2D eigenvalue weighted by atomic mass is 16.6. The topological polar surface area (TPSA) is 52.6 Å². The van der Waals surface area contributed by atoms with Gasteiger partial charge in [-0.15, -0.1) is 0 Å². The maximum atomic E-state index is 11.6. The van der Waals surface area contributed by atoms with Gasteiger partial charge >= 0.3 is 11.9 Å². The highest BCUT2D eigenvalue weighted by Crippen LogP contribution is 2.12. The van der Waals surface area contributed by atoms with Crippen LogP contribution in [0.1, 0.15) is 19.4 Å². The Kier molecular flexibility index (Phi) is 5.11. The number of aryl methyl sites for hydroxylation is 1. The number of esters is 2. The first-order valence-corrected chi connectivity index (χ1v) is 5.64. The van der Waals surface area contributed by atoms with Crippen LogP contribution in [0.5, 0.6) is 5.75 Å². The summed E-state index contributed by atoms with van der Waals surface area (Å²) in [5.74, 6) is -0.734. The molecule has 0 bridgehead atoms. The molecular weight excluding hydrogens is 232 g/mol. The Morgan fingerprint density at radius 1 is 1.22 bits per heavy atom. The second-order valence-electron chi connectivity index (χ2n) is 3.81. The van der Waals surface area contributed by atoms with Gasteiger partial charge in [0, 0.05) is 6.08 Å². The molecule has 4 heteroatoms. The number of hydrogen-bond acceptors (Lipinski definition) is 4. The zero-order chi connectivity index (χ0) is 13.5. The molecule has 1 unspecified atom stereocenters. The van der Waals surface area contributed by atoms with Gasteiger partial charge in [0.2, 0.25) is 0 Å². The van der Waals surface area contributed by atoms with Crippen molar-refractivity contribution in [3.8, 4) is 5.75 Å². The molecule has 0 heterocycles. The summed E-state index contributed by atoms with van der Waals surface area (Å²) >= 11 is 0. The first-order valence-electron chi connectivity index (χ1n) is 5.64. The summed E-state index contributed by atoms with van der Waals surface area (Å²) < 4.78 is 9.92. The molecule has 96 valence electrons. The minimum absolute atomic E-state index is 0.430. The summed E-state index contributed by atoms with van der Waals surface area (Å²) in [6.07, 6.45) is 1.85. The lowest BCUT2D eigenvalue weighted by atomic mass is 10.2. The van der Waals surface area contributed by atoms with Crippen LogP contribution in [0.4, 0.5) is 0 Å². The summed E-state index contributed by atoms with van der Waals surface area (Å²) in [6.45, 7) is 5.10. The van der Waals surface area contributed by atoms with E-state index < -0.39 is 18.0 Å². The van der Waals surface area contributed by atoms with Gasteiger partial charge in [-0.1, -0.05) is 23.8 Å². The molecule has 1 aromatic carbocycles. The van der Waals surface area contributed by atoms with Crippen LogP contribution in [0.2, 0.25) is 0 Å². The molecule has 1 rings (SSSR count). The van der Waals surface area contributed by atoms with E-state index in [0.29, 0.717) is 5.75 Å². The third kappa shape index (κ3) is 4.41. The molecule has 0 amide bonds. The van der Waals surface area contributed by atoms with E-state index in [1.807, 2.05) is 19.1 Å². The average Bonchev–Trinajstić information content (AvgIpc) is 2.32. The molecule has 0 saturated carbocycles. The van der Waals surface area contributed by atoms with Crippen molar-refractivity contribution in [1.29, 1.82) is 0 Å². The molecule has 0 aliphatic heterocycles. The maximum Gasteiger partial charge on any atom is 0.352 e. The summed E-state index contributed by atoms with van der Waals surface area (Å²) in [7, 11) is 0. The minimum Gasteiger partial charge on any atom is -0.447 e. The third-order valence-corrected chi connectivity index (χ3v) is 2.17. The quantitative estimate of drug-likeness (QED) is 0.466. The molecule has 18 heavy (non-hydrogen) atoms. The van der Waals surface area contributed by atoms with Gasteiger partial charge in [0.1, 0.15) is 5.75 Å². The van der Waals surface area contributed by atoms with E-state index in [2.05, 4.69) is 0 Å². The Morgan fingerprint density at radius 3 is 2.39 bits per heavy atom. The number of carbonyl (C=O) groups excluding carboxylic acids is 2. The van der Waals surface area contributed by atoms with Gasteiger partial charge in [0.25, 0.3) is 0 Å². The summed E-state index contributed by atoms with van der Waals surface area (Å²) in [4.78, 5) is 22.8. The van der Waals surface area contributed by atoms with E-state index >= 15 is 0 Å². The van der Waals surface area contributed by atoms with Crippen molar-refractivity contribution in [2.45, 2.75) is 26.9 Å². The van der Waals surface area contributed by atoms with E-state index in [4.69, 9.17) is 9.47 Å². The number of benzene rings is 1. The molecule has 0 saturated heterocycles. The van der Waals surface area contributed by atoms with E-state index in [0.717, 1.165) is 5.56 Å². The predicted octanol–water partition coefficient (Wildman–Crippen LogP) is 2.41. The Bertz CT molecular complexity index is 445. The van der Waals surface area contributed by atoms with Crippen molar-refractivity contribution in [3.05, 3.63) is 42.0 Å². The van der Waals surface area contributed by atoms with Crippen LogP contribution in [0.3, 0.4) is 0 Å². The largest absolute Gasteiger partial charge is 0.447 e. The van der Waals surface area contributed by atoms with Crippen LogP contribution >= 0.6 is 0 Å². The highest BCUT2D eigenvalue weighted by molar-refractivity contribution is 5.86. The number of rotatable bonds is 4. The second-order valence-corrected chi connectivity index (χ2v) is 3.81. The van der Waals surface area contributed by atoms with Crippen molar-refractivity contribution in [3.63, 3.8) is 0 Å². The summed E-state index contributed by atoms with van der Waals surface area (Å²) in [5, 5.41) is 0. The van der Waals surface area contributed by atoms with Crippen molar-refractivity contribution in [1.82, 2.24) is 0 Å². The second kappa shape index (κ2) is 6.59. The van der Waals surface area contributed by atoms with Gasteiger partial charge in [-0.05, 0) is 32.9 Å². The molecule has 0 aliphatic carbocycles. The molecule has 0 aliphatic rings. The summed E-state index contributed by atoms with van der Waals surface area (Å²) in [5.41, 5.74) is 1.07. The zero-order valence-corrected chi connectivity index (χ0v) is 10.7. The first kappa shape index (κ1) is 14.0. The van der Waals surface area contributed by atoms with Crippen molar-refractivity contribution >= 4 is 11.9 Å². The molecule has 0 fully saturated rings. The summed E-state index contributed by atoms with van der Waals surface area (Å²) in [6, 6.07) is 7.04.